The van der Waals surface area contributed by atoms with Crippen LogP contribution in [0.15, 0.2) is 16.6 Å². The summed E-state index contributed by atoms with van der Waals surface area (Å²) in [4.78, 5) is 12.0. The molecule has 2 rings (SSSR count). The minimum atomic E-state index is -0.176. The van der Waals surface area contributed by atoms with Crippen molar-refractivity contribution in [1.29, 1.82) is 0 Å². The topological polar surface area (TPSA) is 60.1 Å². The zero-order valence-electron chi connectivity index (χ0n) is 14.6. The van der Waals surface area contributed by atoms with E-state index in [-0.39, 0.29) is 5.91 Å². The number of amides is 1. The van der Waals surface area contributed by atoms with E-state index in [4.69, 9.17) is 16.0 Å². The van der Waals surface area contributed by atoms with Crippen molar-refractivity contribution < 1.29 is 9.21 Å². The first-order valence-corrected chi connectivity index (χ1v) is 8.55. The van der Waals surface area contributed by atoms with Crippen LogP contribution < -0.4 is 5.32 Å². The Balaban J connectivity index is 1.98. The van der Waals surface area contributed by atoms with Gasteiger partial charge in [-0.05, 0) is 39.3 Å². The number of rotatable bonds is 7. The molecule has 0 aliphatic carbocycles. The van der Waals surface area contributed by atoms with E-state index in [1.54, 1.807) is 10.8 Å². The third-order valence-corrected chi connectivity index (χ3v) is 4.23. The summed E-state index contributed by atoms with van der Waals surface area (Å²) in [7, 11) is 0. The molecule has 0 aliphatic rings. The van der Waals surface area contributed by atoms with E-state index in [9.17, 15) is 4.79 Å². The van der Waals surface area contributed by atoms with Crippen LogP contribution in [0.1, 0.15) is 48.1 Å². The van der Waals surface area contributed by atoms with Gasteiger partial charge in [0.15, 0.2) is 0 Å². The highest BCUT2D eigenvalue weighted by molar-refractivity contribution is 6.31. The summed E-state index contributed by atoms with van der Waals surface area (Å²) < 4.78 is 7.23. The van der Waals surface area contributed by atoms with Gasteiger partial charge >= 0.3 is 0 Å². The third-order valence-electron chi connectivity index (χ3n) is 3.83. The van der Waals surface area contributed by atoms with Gasteiger partial charge in [-0.25, -0.2) is 0 Å². The Morgan fingerprint density at radius 1 is 1.42 bits per heavy atom. The average molecular weight is 350 g/mol. The standard InChI is InChI=1S/C18H24ClN3O2/c1-5-6-9-22-18(19)16(13(3)21-22)7-8-17(23)20-11-15-10-12(2)24-14(15)4/h7-8,10H,5-6,9,11H2,1-4H3,(H,20,23)/b8-7+. The highest BCUT2D eigenvalue weighted by atomic mass is 35.5. The quantitative estimate of drug-likeness (QED) is 0.762. The molecule has 2 heterocycles. The fourth-order valence-electron chi connectivity index (χ4n) is 2.47. The molecule has 0 spiro atoms. The molecule has 6 heteroatoms. The van der Waals surface area contributed by atoms with E-state index >= 15 is 0 Å². The van der Waals surface area contributed by atoms with Gasteiger partial charge in [-0.3, -0.25) is 9.48 Å². The molecule has 1 N–H and O–H groups in total. The van der Waals surface area contributed by atoms with Crippen LogP contribution in [0.3, 0.4) is 0 Å². The summed E-state index contributed by atoms with van der Waals surface area (Å²) in [6, 6.07) is 1.93. The first-order chi connectivity index (χ1) is 11.4. The molecule has 0 saturated heterocycles. The molecule has 1 amide bonds. The number of furan rings is 1. The predicted molar refractivity (Wildman–Crippen MR) is 95.9 cm³/mol. The molecule has 0 aromatic carbocycles. The van der Waals surface area contributed by atoms with Gasteiger partial charge in [-0.2, -0.15) is 5.10 Å². The molecule has 24 heavy (non-hydrogen) atoms. The first kappa shape index (κ1) is 18.3. The average Bonchev–Trinajstić information content (AvgIpc) is 3.00. The number of aryl methyl sites for hydroxylation is 4. The second-order valence-corrected chi connectivity index (χ2v) is 6.21. The zero-order valence-corrected chi connectivity index (χ0v) is 15.4. The largest absolute Gasteiger partial charge is 0.466 e. The Morgan fingerprint density at radius 3 is 2.79 bits per heavy atom. The van der Waals surface area contributed by atoms with Crippen molar-refractivity contribution in [2.24, 2.45) is 0 Å². The van der Waals surface area contributed by atoms with E-state index in [1.165, 1.54) is 6.08 Å². The summed E-state index contributed by atoms with van der Waals surface area (Å²) >= 11 is 6.35. The molecule has 0 aliphatic heterocycles. The second-order valence-electron chi connectivity index (χ2n) is 5.86. The molecule has 0 atom stereocenters. The molecule has 5 nitrogen and oxygen atoms in total. The molecule has 2 aromatic heterocycles. The van der Waals surface area contributed by atoms with Crippen molar-refractivity contribution >= 4 is 23.6 Å². The van der Waals surface area contributed by atoms with Crippen molar-refractivity contribution in [3.05, 3.63) is 45.6 Å². The van der Waals surface area contributed by atoms with E-state index in [0.717, 1.165) is 47.7 Å². The Kier molecular flexibility index (Phi) is 6.26. The molecular formula is C18H24ClN3O2. The van der Waals surface area contributed by atoms with Gasteiger partial charge in [0.05, 0.1) is 5.69 Å². The minimum absolute atomic E-state index is 0.176. The smallest absolute Gasteiger partial charge is 0.244 e. The first-order valence-electron chi connectivity index (χ1n) is 8.17. The van der Waals surface area contributed by atoms with Gasteiger partial charge in [0, 0.05) is 30.3 Å². The highest BCUT2D eigenvalue weighted by Crippen LogP contribution is 2.21. The Labute approximate surface area is 147 Å². The Hall–Kier alpha value is -2.01. The maximum atomic E-state index is 12.0. The van der Waals surface area contributed by atoms with E-state index < -0.39 is 0 Å². The molecule has 0 unspecified atom stereocenters. The number of carbonyl (C=O) groups excluding carboxylic acids is 1. The maximum absolute atomic E-state index is 12.0. The van der Waals surface area contributed by atoms with Crippen molar-refractivity contribution in [2.75, 3.05) is 0 Å². The lowest BCUT2D eigenvalue weighted by Crippen LogP contribution is -2.20. The summed E-state index contributed by atoms with van der Waals surface area (Å²) in [6.07, 6.45) is 5.31. The molecule has 0 saturated carbocycles. The SMILES string of the molecule is CCCCn1nc(C)c(/C=C/C(=O)NCc2cc(C)oc2C)c1Cl. The number of hydrogen-bond acceptors (Lipinski definition) is 3. The number of nitrogens with one attached hydrogen (secondary N) is 1. The van der Waals surface area contributed by atoms with Crippen molar-refractivity contribution in [3.8, 4) is 0 Å². The summed E-state index contributed by atoms with van der Waals surface area (Å²) in [6.45, 7) is 9.02. The number of aromatic nitrogens is 2. The Bertz CT molecular complexity index is 744. The lowest BCUT2D eigenvalue weighted by molar-refractivity contribution is -0.116. The van der Waals surface area contributed by atoms with Crippen molar-refractivity contribution in [3.63, 3.8) is 0 Å². The molecule has 0 bridgehead atoms. The van der Waals surface area contributed by atoms with E-state index in [1.807, 2.05) is 26.8 Å². The summed E-state index contributed by atoms with van der Waals surface area (Å²) in [5, 5.41) is 7.85. The van der Waals surface area contributed by atoms with Gasteiger partial charge in [-0.1, -0.05) is 24.9 Å². The van der Waals surface area contributed by atoms with Crippen LogP contribution in [0.25, 0.3) is 6.08 Å². The summed E-state index contributed by atoms with van der Waals surface area (Å²) in [5.74, 6) is 1.49. The number of unbranched alkanes of at least 4 members (excludes halogenated alkanes) is 1. The summed E-state index contributed by atoms with van der Waals surface area (Å²) in [5.41, 5.74) is 2.59. The lowest BCUT2D eigenvalue weighted by atomic mass is 10.2. The lowest BCUT2D eigenvalue weighted by Gasteiger charge is -2.01. The van der Waals surface area contributed by atoms with Crippen molar-refractivity contribution in [2.45, 2.75) is 53.6 Å². The highest BCUT2D eigenvalue weighted by Gasteiger charge is 2.11. The van der Waals surface area contributed by atoms with Gasteiger partial charge in [-0.15, -0.1) is 0 Å². The predicted octanol–water partition coefficient (Wildman–Crippen LogP) is 4.18. The number of hydrogen-bond donors (Lipinski definition) is 1. The van der Waals surface area contributed by atoms with Crippen LogP contribution in [0.2, 0.25) is 5.15 Å². The van der Waals surface area contributed by atoms with Crippen LogP contribution in [-0.2, 0) is 17.9 Å². The zero-order chi connectivity index (χ0) is 17.7. The van der Waals surface area contributed by atoms with Gasteiger partial charge in [0.25, 0.3) is 0 Å². The fourth-order valence-corrected chi connectivity index (χ4v) is 2.79. The van der Waals surface area contributed by atoms with Gasteiger partial charge in [0.1, 0.15) is 16.7 Å². The van der Waals surface area contributed by atoms with Crippen LogP contribution in [0, 0.1) is 20.8 Å². The number of carbonyl (C=O) groups is 1. The molecule has 2 aromatic rings. The minimum Gasteiger partial charge on any atom is -0.466 e. The second kappa shape index (κ2) is 8.20. The molecule has 0 fully saturated rings. The molecule has 0 radical (unpaired) electrons. The van der Waals surface area contributed by atoms with Crippen LogP contribution >= 0.6 is 11.6 Å². The van der Waals surface area contributed by atoms with E-state index in [2.05, 4.69) is 17.3 Å². The van der Waals surface area contributed by atoms with Crippen LogP contribution in [-0.4, -0.2) is 15.7 Å². The maximum Gasteiger partial charge on any atom is 0.244 e. The molecular weight excluding hydrogens is 326 g/mol. The van der Waals surface area contributed by atoms with Gasteiger partial charge < -0.3 is 9.73 Å². The third kappa shape index (κ3) is 4.51. The van der Waals surface area contributed by atoms with Crippen molar-refractivity contribution in [1.82, 2.24) is 15.1 Å². The normalized spacial score (nSPS) is 11.4. The molecule has 130 valence electrons. The fraction of sp³-hybridized carbons (Fsp3) is 0.444. The van der Waals surface area contributed by atoms with Crippen LogP contribution in [0.4, 0.5) is 0 Å². The number of nitrogens with zero attached hydrogens (tertiary/aromatic N) is 2. The van der Waals surface area contributed by atoms with Crippen LogP contribution in [0.5, 0.6) is 0 Å². The monoisotopic (exact) mass is 349 g/mol. The number of halogens is 1. The van der Waals surface area contributed by atoms with Gasteiger partial charge in [0.2, 0.25) is 5.91 Å². The van der Waals surface area contributed by atoms with E-state index in [0.29, 0.717) is 11.7 Å². The Morgan fingerprint density at radius 2 is 2.17 bits per heavy atom.